The number of rotatable bonds is 7. The molecule has 1 aliphatic heterocycles. The number of ether oxygens (including phenoxy) is 3. The molecule has 1 aliphatic carbocycles. The summed E-state index contributed by atoms with van der Waals surface area (Å²) in [5, 5.41) is 14.7. The van der Waals surface area contributed by atoms with E-state index in [2.05, 4.69) is 10.6 Å². The van der Waals surface area contributed by atoms with Gasteiger partial charge in [-0.3, -0.25) is 14.4 Å². The van der Waals surface area contributed by atoms with E-state index in [-0.39, 0.29) is 46.9 Å². The second-order valence-electron chi connectivity index (χ2n) is 8.29. The normalized spacial score (nSPS) is 20.7. The fraction of sp³-hybridized carbons (Fsp3) is 0.320. The van der Waals surface area contributed by atoms with Gasteiger partial charge in [-0.2, -0.15) is 0 Å². The van der Waals surface area contributed by atoms with Gasteiger partial charge in [0.15, 0.2) is 5.75 Å². The van der Waals surface area contributed by atoms with Crippen molar-refractivity contribution in [1.82, 2.24) is 5.32 Å². The summed E-state index contributed by atoms with van der Waals surface area (Å²) in [6.07, 6.45) is 1.71. The van der Waals surface area contributed by atoms with Gasteiger partial charge in [-0.15, -0.1) is 0 Å². The Morgan fingerprint density at radius 3 is 2.49 bits per heavy atom. The van der Waals surface area contributed by atoms with Crippen molar-refractivity contribution in [2.75, 3.05) is 32.7 Å². The van der Waals surface area contributed by atoms with Gasteiger partial charge >= 0.3 is 0 Å². The maximum absolute atomic E-state index is 13.5. The number of halogens is 1. The maximum Gasteiger partial charge on any atom is 0.251 e. The minimum absolute atomic E-state index is 0.0768. The summed E-state index contributed by atoms with van der Waals surface area (Å²) >= 11 is 6.41. The highest BCUT2D eigenvalue weighted by Crippen LogP contribution is 2.53. The number of aliphatic hydroxyl groups excluding tert-OH is 1. The molecule has 0 radical (unpaired) electrons. The number of allylic oxidation sites excluding steroid dienone is 1. The summed E-state index contributed by atoms with van der Waals surface area (Å²) in [5.74, 6) is -1.24. The van der Waals surface area contributed by atoms with Crippen LogP contribution in [-0.2, 0) is 4.79 Å². The molecule has 3 N–H and O–H groups in total. The van der Waals surface area contributed by atoms with Crippen LogP contribution in [0.15, 0.2) is 42.1 Å². The fourth-order valence-corrected chi connectivity index (χ4v) is 4.64. The van der Waals surface area contributed by atoms with E-state index in [1.165, 1.54) is 26.4 Å². The number of aliphatic hydroxyl groups is 1. The zero-order chi connectivity index (χ0) is 25.3. The first-order valence-electron chi connectivity index (χ1n) is 11.0. The van der Waals surface area contributed by atoms with Crippen LogP contribution in [0.25, 0.3) is 0 Å². The highest BCUT2D eigenvalue weighted by atomic mass is 35.5. The van der Waals surface area contributed by atoms with Crippen LogP contribution in [0, 0.1) is 5.92 Å². The predicted octanol–water partition coefficient (Wildman–Crippen LogP) is 3.00. The van der Waals surface area contributed by atoms with Crippen molar-refractivity contribution in [2.45, 2.75) is 18.9 Å². The van der Waals surface area contributed by atoms with E-state index < -0.39 is 23.1 Å². The van der Waals surface area contributed by atoms with Crippen LogP contribution in [-0.4, -0.2) is 55.6 Å². The number of nitrogens with one attached hydrogen (secondary N) is 2. The molecule has 2 atom stereocenters. The van der Waals surface area contributed by atoms with Crippen LogP contribution < -0.4 is 24.8 Å². The molecule has 2 aromatic rings. The van der Waals surface area contributed by atoms with Gasteiger partial charge in [0, 0.05) is 41.6 Å². The number of anilines is 1. The molecule has 2 aromatic carbocycles. The van der Waals surface area contributed by atoms with E-state index >= 15 is 0 Å². The molecule has 1 amide bonds. The predicted molar refractivity (Wildman–Crippen MR) is 129 cm³/mol. The quantitative estimate of drug-likeness (QED) is 0.496. The highest BCUT2D eigenvalue weighted by molar-refractivity contribution is 6.36. The Balaban J connectivity index is 1.58. The molecule has 0 aromatic heterocycles. The molecule has 1 spiro atoms. The first-order chi connectivity index (χ1) is 16.8. The number of methoxy groups -OCH3 is 2. The number of benzene rings is 2. The molecule has 184 valence electrons. The second-order valence-corrected chi connectivity index (χ2v) is 8.66. The molecule has 0 saturated heterocycles. The van der Waals surface area contributed by atoms with Gasteiger partial charge in [-0.25, -0.2) is 0 Å². The molecule has 4 rings (SSSR count). The summed E-state index contributed by atoms with van der Waals surface area (Å²) < 4.78 is 16.7. The van der Waals surface area contributed by atoms with Crippen LogP contribution in [0.4, 0.5) is 5.69 Å². The number of amides is 1. The fourth-order valence-electron chi connectivity index (χ4n) is 4.38. The average molecular weight is 501 g/mol. The van der Waals surface area contributed by atoms with Crippen LogP contribution in [0.5, 0.6) is 17.2 Å². The zero-order valence-electron chi connectivity index (χ0n) is 19.4. The number of ketones is 2. The molecule has 35 heavy (non-hydrogen) atoms. The first-order valence-corrected chi connectivity index (χ1v) is 11.3. The van der Waals surface area contributed by atoms with E-state index in [1.807, 2.05) is 0 Å². The molecule has 9 nitrogen and oxygen atoms in total. The maximum atomic E-state index is 13.5. The molecular weight excluding hydrogens is 476 g/mol. The van der Waals surface area contributed by atoms with Crippen LogP contribution in [0.3, 0.4) is 0 Å². The van der Waals surface area contributed by atoms with Crippen LogP contribution in [0.2, 0.25) is 5.02 Å². The molecule has 2 aliphatic rings. The topological polar surface area (TPSA) is 123 Å². The Bertz CT molecular complexity index is 1230. The third kappa shape index (κ3) is 4.11. The molecule has 10 heteroatoms. The summed E-state index contributed by atoms with van der Waals surface area (Å²) in [6, 6.07) is 8.17. The summed E-state index contributed by atoms with van der Waals surface area (Å²) in [4.78, 5) is 38.9. The standard InChI is InChI=1S/C25H25ClN2O7/c1-13-10-16(28-15-6-4-14(5-7-15)24(32)27-8-9-29)11-19(30)25(13)23(31)20-17(33-2)12-18(34-3)21(26)22(20)35-25/h4-7,11-13,28-29H,8-10H2,1-3H3,(H,27,32). The molecular formula is C25H25ClN2O7. The van der Waals surface area contributed by atoms with Gasteiger partial charge in [-0.05, 0) is 30.7 Å². The monoisotopic (exact) mass is 500 g/mol. The molecule has 2 unspecified atom stereocenters. The van der Waals surface area contributed by atoms with Crippen molar-refractivity contribution >= 4 is 34.8 Å². The Morgan fingerprint density at radius 1 is 1.20 bits per heavy atom. The average Bonchev–Trinajstić information content (AvgIpc) is 3.17. The summed E-state index contributed by atoms with van der Waals surface area (Å²) in [5.41, 5.74) is 0.0918. The lowest BCUT2D eigenvalue weighted by atomic mass is 9.74. The van der Waals surface area contributed by atoms with Gasteiger partial charge in [0.2, 0.25) is 17.2 Å². The lowest BCUT2D eigenvalue weighted by molar-refractivity contribution is -0.129. The van der Waals surface area contributed by atoms with Gasteiger partial charge in [0.05, 0.1) is 20.8 Å². The number of hydrogen-bond donors (Lipinski definition) is 3. The number of carbonyl (C=O) groups is 3. The van der Waals surface area contributed by atoms with Gasteiger partial charge in [0.25, 0.3) is 5.91 Å². The van der Waals surface area contributed by atoms with Crippen molar-refractivity contribution in [3.63, 3.8) is 0 Å². The molecule has 1 heterocycles. The molecule has 0 bridgehead atoms. The number of hydrogen-bond acceptors (Lipinski definition) is 8. The van der Waals surface area contributed by atoms with Crippen molar-refractivity contribution in [3.8, 4) is 17.2 Å². The Labute approximate surface area is 207 Å². The summed E-state index contributed by atoms with van der Waals surface area (Å²) in [7, 11) is 2.85. The first kappa shape index (κ1) is 24.6. The zero-order valence-corrected chi connectivity index (χ0v) is 20.2. The number of fused-ring (bicyclic) bond motifs is 1. The van der Waals surface area contributed by atoms with Gasteiger partial charge in [-0.1, -0.05) is 18.5 Å². The minimum atomic E-state index is -1.74. The van der Waals surface area contributed by atoms with E-state index in [1.54, 1.807) is 31.2 Å². The minimum Gasteiger partial charge on any atom is -0.496 e. The van der Waals surface area contributed by atoms with Gasteiger partial charge in [0.1, 0.15) is 22.1 Å². The number of carbonyl (C=O) groups excluding carboxylic acids is 3. The van der Waals surface area contributed by atoms with E-state index in [0.717, 1.165) is 0 Å². The largest absolute Gasteiger partial charge is 0.496 e. The molecule has 0 fully saturated rings. The van der Waals surface area contributed by atoms with Crippen molar-refractivity contribution in [1.29, 1.82) is 0 Å². The van der Waals surface area contributed by atoms with Crippen molar-refractivity contribution < 1.29 is 33.7 Å². The second kappa shape index (κ2) is 9.59. The third-order valence-electron chi connectivity index (χ3n) is 6.16. The SMILES string of the molecule is COc1cc(OC)c2c(c1Cl)OC1(C(=O)C=C(Nc3ccc(C(=O)NCCO)cc3)CC1C)C2=O. The van der Waals surface area contributed by atoms with E-state index in [4.69, 9.17) is 30.9 Å². The highest BCUT2D eigenvalue weighted by Gasteiger charge is 2.60. The summed E-state index contributed by atoms with van der Waals surface area (Å²) in [6.45, 7) is 1.79. The smallest absolute Gasteiger partial charge is 0.251 e. The van der Waals surface area contributed by atoms with E-state index in [0.29, 0.717) is 23.4 Å². The Hall–Kier alpha value is -3.56. The van der Waals surface area contributed by atoms with Crippen LogP contribution in [0.1, 0.15) is 34.1 Å². The van der Waals surface area contributed by atoms with E-state index in [9.17, 15) is 14.4 Å². The lowest BCUT2D eigenvalue weighted by Crippen LogP contribution is -2.55. The van der Waals surface area contributed by atoms with Crippen molar-refractivity contribution in [2.24, 2.45) is 5.92 Å². The number of Topliss-reactive ketones (excluding diaryl/α,β-unsaturated/α-hetero) is 1. The van der Waals surface area contributed by atoms with Crippen LogP contribution >= 0.6 is 11.6 Å². The lowest BCUT2D eigenvalue weighted by Gasteiger charge is -2.35. The molecule has 0 saturated carbocycles. The Kier molecular flexibility index (Phi) is 6.73. The third-order valence-corrected chi connectivity index (χ3v) is 6.52. The Morgan fingerprint density at radius 2 is 1.89 bits per heavy atom. The van der Waals surface area contributed by atoms with Crippen molar-refractivity contribution in [3.05, 3.63) is 58.3 Å². The van der Waals surface area contributed by atoms with Gasteiger partial charge < -0.3 is 30.0 Å².